The molecule has 0 spiro atoms. The fraction of sp³-hybridized carbons (Fsp3) is 0.438. The molecule has 1 aliphatic heterocycles. The standard InChI is InChI=1S/C16H22N4O3S.2ClH/c1-13-19-16(12-23-13)14-2-4-15(5-3-14)24(21,22)18-8-11-20-9-6-17-7-10-20;;/h2-5,12,17-18H,6-11H2,1H3;2*1H. The SMILES string of the molecule is Cc1nc(-c2ccc(S(=O)(=O)NCCN3CCNCC3)cc2)co1.Cl.Cl. The summed E-state index contributed by atoms with van der Waals surface area (Å²) in [5.41, 5.74) is 1.52. The Morgan fingerprint density at radius 2 is 1.85 bits per heavy atom. The molecular formula is C16H24Cl2N4O3S. The van der Waals surface area contributed by atoms with Crippen LogP contribution >= 0.6 is 24.8 Å². The van der Waals surface area contributed by atoms with Gasteiger partial charge in [0, 0.05) is 51.8 Å². The van der Waals surface area contributed by atoms with Crippen LogP contribution in [0.25, 0.3) is 11.3 Å². The number of nitrogens with zero attached hydrogens (tertiary/aromatic N) is 2. The largest absolute Gasteiger partial charge is 0.449 e. The lowest BCUT2D eigenvalue weighted by atomic mass is 10.2. The van der Waals surface area contributed by atoms with Crippen molar-refractivity contribution in [2.75, 3.05) is 39.3 Å². The van der Waals surface area contributed by atoms with Gasteiger partial charge in [-0.3, -0.25) is 4.90 Å². The van der Waals surface area contributed by atoms with E-state index in [-0.39, 0.29) is 29.7 Å². The number of nitrogens with one attached hydrogen (secondary N) is 2. The smallest absolute Gasteiger partial charge is 0.240 e. The molecule has 2 heterocycles. The summed E-state index contributed by atoms with van der Waals surface area (Å²) in [5.74, 6) is 0.580. The maximum atomic E-state index is 12.3. The molecule has 1 fully saturated rings. The lowest BCUT2D eigenvalue weighted by molar-refractivity contribution is 0.245. The van der Waals surface area contributed by atoms with E-state index in [1.54, 1.807) is 37.5 Å². The van der Waals surface area contributed by atoms with Gasteiger partial charge < -0.3 is 9.73 Å². The molecule has 2 aromatic rings. The molecule has 2 N–H and O–H groups in total. The summed E-state index contributed by atoms with van der Waals surface area (Å²) in [6.07, 6.45) is 1.56. The van der Waals surface area contributed by atoms with Crippen molar-refractivity contribution in [1.29, 1.82) is 0 Å². The molecule has 0 saturated carbocycles. The summed E-state index contributed by atoms with van der Waals surface area (Å²) in [5, 5.41) is 3.28. The van der Waals surface area contributed by atoms with E-state index in [0.717, 1.165) is 38.3 Å². The number of aromatic nitrogens is 1. The van der Waals surface area contributed by atoms with Crippen molar-refractivity contribution in [2.45, 2.75) is 11.8 Å². The minimum atomic E-state index is -3.49. The molecule has 26 heavy (non-hydrogen) atoms. The van der Waals surface area contributed by atoms with Gasteiger partial charge in [0.25, 0.3) is 0 Å². The van der Waals surface area contributed by atoms with Crippen molar-refractivity contribution in [2.24, 2.45) is 0 Å². The first-order valence-electron chi connectivity index (χ1n) is 8.00. The summed E-state index contributed by atoms with van der Waals surface area (Å²) in [6.45, 7) is 6.71. The first-order chi connectivity index (χ1) is 11.5. The molecule has 1 aliphatic rings. The second-order valence-corrected chi connectivity index (χ2v) is 7.53. The van der Waals surface area contributed by atoms with Gasteiger partial charge in [-0.05, 0) is 12.1 Å². The van der Waals surface area contributed by atoms with E-state index in [0.29, 0.717) is 18.1 Å². The minimum Gasteiger partial charge on any atom is -0.449 e. The fourth-order valence-corrected chi connectivity index (χ4v) is 3.68. The van der Waals surface area contributed by atoms with Gasteiger partial charge in [-0.15, -0.1) is 24.8 Å². The van der Waals surface area contributed by atoms with Crippen LogP contribution in [0.5, 0.6) is 0 Å². The topological polar surface area (TPSA) is 87.5 Å². The summed E-state index contributed by atoms with van der Waals surface area (Å²) in [4.78, 5) is 6.73. The first kappa shape index (κ1) is 22.9. The maximum absolute atomic E-state index is 12.3. The highest BCUT2D eigenvalue weighted by atomic mass is 35.5. The van der Waals surface area contributed by atoms with Crippen LogP contribution in [-0.4, -0.2) is 57.6 Å². The number of rotatable bonds is 6. The van der Waals surface area contributed by atoms with Gasteiger partial charge >= 0.3 is 0 Å². The number of hydrogen-bond acceptors (Lipinski definition) is 6. The molecule has 0 amide bonds. The predicted octanol–water partition coefficient (Wildman–Crippen LogP) is 1.68. The third-order valence-electron chi connectivity index (χ3n) is 4.01. The fourth-order valence-electron chi connectivity index (χ4n) is 2.66. The molecular weight excluding hydrogens is 399 g/mol. The van der Waals surface area contributed by atoms with E-state index in [9.17, 15) is 8.42 Å². The van der Waals surface area contributed by atoms with Crippen LogP contribution < -0.4 is 10.0 Å². The zero-order valence-electron chi connectivity index (χ0n) is 14.5. The van der Waals surface area contributed by atoms with Gasteiger partial charge in [-0.2, -0.15) is 0 Å². The second-order valence-electron chi connectivity index (χ2n) is 5.77. The summed E-state index contributed by atoms with van der Waals surface area (Å²) in [6, 6.07) is 6.66. The average molecular weight is 423 g/mol. The number of piperazine rings is 1. The molecule has 1 aromatic heterocycles. The normalized spacial score (nSPS) is 15.1. The van der Waals surface area contributed by atoms with E-state index >= 15 is 0 Å². The monoisotopic (exact) mass is 422 g/mol. The third kappa shape index (κ3) is 5.94. The van der Waals surface area contributed by atoms with E-state index < -0.39 is 10.0 Å². The van der Waals surface area contributed by atoms with E-state index in [4.69, 9.17) is 4.42 Å². The van der Waals surface area contributed by atoms with Crippen molar-refractivity contribution >= 4 is 34.8 Å². The maximum Gasteiger partial charge on any atom is 0.240 e. The van der Waals surface area contributed by atoms with E-state index in [1.807, 2.05) is 0 Å². The van der Waals surface area contributed by atoms with Crippen LogP contribution in [0, 0.1) is 6.92 Å². The lowest BCUT2D eigenvalue weighted by Crippen LogP contribution is -2.46. The van der Waals surface area contributed by atoms with Crippen LogP contribution in [0.1, 0.15) is 5.89 Å². The van der Waals surface area contributed by atoms with Crippen LogP contribution in [0.2, 0.25) is 0 Å². The van der Waals surface area contributed by atoms with Crippen molar-refractivity contribution in [1.82, 2.24) is 19.9 Å². The van der Waals surface area contributed by atoms with Crippen molar-refractivity contribution in [3.8, 4) is 11.3 Å². The summed E-state index contributed by atoms with van der Waals surface area (Å²) < 4.78 is 32.5. The molecule has 146 valence electrons. The van der Waals surface area contributed by atoms with Crippen LogP contribution in [-0.2, 0) is 10.0 Å². The Hall–Kier alpha value is -1.16. The highest BCUT2D eigenvalue weighted by molar-refractivity contribution is 7.89. The van der Waals surface area contributed by atoms with Crippen LogP contribution in [0.3, 0.4) is 0 Å². The van der Waals surface area contributed by atoms with Gasteiger partial charge in [0.1, 0.15) is 12.0 Å². The molecule has 0 bridgehead atoms. The summed E-state index contributed by atoms with van der Waals surface area (Å²) >= 11 is 0. The number of oxazole rings is 1. The number of hydrogen-bond donors (Lipinski definition) is 2. The van der Waals surface area contributed by atoms with Crippen molar-refractivity contribution < 1.29 is 12.8 Å². The lowest BCUT2D eigenvalue weighted by Gasteiger charge is -2.27. The van der Waals surface area contributed by atoms with Crippen molar-refractivity contribution in [3.63, 3.8) is 0 Å². The second kappa shape index (κ2) is 10.2. The van der Waals surface area contributed by atoms with E-state index in [1.165, 1.54) is 0 Å². The highest BCUT2D eigenvalue weighted by Gasteiger charge is 2.15. The van der Waals surface area contributed by atoms with Gasteiger partial charge in [0.2, 0.25) is 10.0 Å². The van der Waals surface area contributed by atoms with Gasteiger partial charge in [0.05, 0.1) is 4.90 Å². The van der Waals surface area contributed by atoms with Crippen molar-refractivity contribution in [3.05, 3.63) is 36.4 Å². The zero-order chi connectivity index (χ0) is 17.0. The number of sulfonamides is 1. The Morgan fingerprint density at radius 1 is 1.19 bits per heavy atom. The number of halogens is 2. The predicted molar refractivity (Wildman–Crippen MR) is 106 cm³/mol. The molecule has 0 atom stereocenters. The third-order valence-corrected chi connectivity index (χ3v) is 5.49. The summed E-state index contributed by atoms with van der Waals surface area (Å²) in [7, 11) is -3.49. The van der Waals surface area contributed by atoms with Crippen LogP contribution in [0.15, 0.2) is 39.8 Å². The Bertz CT molecular complexity index is 775. The molecule has 10 heteroatoms. The van der Waals surface area contributed by atoms with Gasteiger partial charge in [-0.25, -0.2) is 18.1 Å². The molecule has 1 aromatic carbocycles. The van der Waals surface area contributed by atoms with Crippen LogP contribution in [0.4, 0.5) is 0 Å². The molecule has 0 radical (unpaired) electrons. The van der Waals surface area contributed by atoms with Gasteiger partial charge in [0.15, 0.2) is 5.89 Å². The first-order valence-corrected chi connectivity index (χ1v) is 9.48. The molecule has 1 saturated heterocycles. The Labute approximate surface area is 166 Å². The molecule has 3 rings (SSSR count). The average Bonchev–Trinajstić information content (AvgIpc) is 3.02. The minimum absolute atomic E-state index is 0. The quantitative estimate of drug-likeness (QED) is 0.735. The molecule has 0 unspecified atom stereocenters. The Morgan fingerprint density at radius 3 is 2.42 bits per heavy atom. The number of benzene rings is 1. The van der Waals surface area contributed by atoms with Gasteiger partial charge in [-0.1, -0.05) is 12.1 Å². The Kier molecular flexibility index (Phi) is 9.02. The van der Waals surface area contributed by atoms with E-state index in [2.05, 4.69) is 19.9 Å². The zero-order valence-corrected chi connectivity index (χ0v) is 16.9. The number of aryl methyl sites for hydroxylation is 1. The molecule has 0 aliphatic carbocycles. The highest BCUT2D eigenvalue weighted by Crippen LogP contribution is 2.20. The Balaban J connectivity index is 0.00000169. The molecule has 7 nitrogen and oxygen atoms in total.